The zero-order chi connectivity index (χ0) is 18.3. The summed E-state index contributed by atoms with van der Waals surface area (Å²) in [6, 6.07) is 6.86. The quantitative estimate of drug-likeness (QED) is 0.776. The molecule has 6 heteroatoms. The van der Waals surface area contributed by atoms with Crippen LogP contribution < -0.4 is 10.6 Å². The number of piperazine rings is 1. The number of nitrogens with two attached hydrogens (primary N) is 1. The molecule has 0 spiro atoms. The Morgan fingerprint density at radius 3 is 2.21 bits per heavy atom. The number of aryl methyl sites for hydroxylation is 1. The Balaban J connectivity index is 0.00000140. The van der Waals surface area contributed by atoms with Crippen molar-refractivity contribution < 1.29 is 4.79 Å². The first-order valence-electron chi connectivity index (χ1n) is 10.4. The van der Waals surface area contributed by atoms with Gasteiger partial charge in [-0.3, -0.25) is 4.79 Å². The minimum absolute atomic E-state index is 0. The second kappa shape index (κ2) is 9.69. The lowest BCUT2D eigenvalue weighted by Crippen LogP contribution is -2.53. The van der Waals surface area contributed by atoms with Gasteiger partial charge in [-0.2, -0.15) is 0 Å². The van der Waals surface area contributed by atoms with Gasteiger partial charge in [-0.05, 0) is 68.6 Å². The van der Waals surface area contributed by atoms with Gasteiger partial charge in [-0.25, -0.2) is 0 Å². The predicted molar refractivity (Wildman–Crippen MR) is 121 cm³/mol. The zero-order valence-corrected chi connectivity index (χ0v) is 18.7. The number of fused-ring (bicyclic) bond motifs is 2. The zero-order valence-electron chi connectivity index (χ0n) is 17.1. The Bertz CT molecular complexity index is 662. The van der Waals surface area contributed by atoms with E-state index in [1.165, 1.54) is 36.1 Å². The van der Waals surface area contributed by atoms with Crippen LogP contribution in [0, 0.1) is 31.6 Å². The number of benzene rings is 1. The highest BCUT2D eigenvalue weighted by Crippen LogP contribution is 2.42. The normalized spacial score (nSPS) is 29.5. The summed E-state index contributed by atoms with van der Waals surface area (Å²) in [4.78, 5) is 17.7. The van der Waals surface area contributed by atoms with Gasteiger partial charge in [0.1, 0.15) is 0 Å². The molecule has 1 amide bonds. The number of halogens is 2. The first-order chi connectivity index (χ1) is 12.5. The van der Waals surface area contributed by atoms with Crippen molar-refractivity contribution in [3.63, 3.8) is 0 Å². The molecule has 4 nitrogen and oxygen atoms in total. The van der Waals surface area contributed by atoms with Crippen molar-refractivity contribution in [3.8, 4) is 0 Å². The number of hydrogen-bond donors (Lipinski definition) is 1. The SMILES string of the molecule is Cc1cccc(N2CCN(C(=O)C3CC4CCCC(C3)C4N)CC2)c1C.Cl.Cl. The largest absolute Gasteiger partial charge is 0.368 e. The van der Waals surface area contributed by atoms with Crippen LogP contribution in [0.5, 0.6) is 0 Å². The van der Waals surface area contributed by atoms with Crippen LogP contribution in [0.1, 0.15) is 43.2 Å². The van der Waals surface area contributed by atoms with E-state index in [0.29, 0.717) is 23.8 Å². The molecular formula is C22H35Cl2N3O. The van der Waals surface area contributed by atoms with Gasteiger partial charge in [0, 0.05) is 43.8 Å². The molecule has 3 fully saturated rings. The molecule has 1 aromatic carbocycles. The fourth-order valence-corrected chi connectivity index (χ4v) is 5.49. The Morgan fingerprint density at radius 2 is 1.61 bits per heavy atom. The highest BCUT2D eigenvalue weighted by molar-refractivity contribution is 5.85. The molecule has 2 bridgehead atoms. The van der Waals surface area contributed by atoms with Crippen LogP contribution in [-0.4, -0.2) is 43.0 Å². The van der Waals surface area contributed by atoms with E-state index in [9.17, 15) is 4.79 Å². The van der Waals surface area contributed by atoms with E-state index in [0.717, 1.165) is 39.0 Å². The third-order valence-electron chi connectivity index (χ3n) is 7.27. The van der Waals surface area contributed by atoms with E-state index in [1.807, 2.05) is 0 Å². The van der Waals surface area contributed by atoms with Crippen molar-refractivity contribution in [2.75, 3.05) is 31.1 Å². The highest BCUT2D eigenvalue weighted by Gasteiger charge is 2.41. The number of carbonyl (C=O) groups is 1. The molecule has 2 saturated carbocycles. The summed E-state index contributed by atoms with van der Waals surface area (Å²) in [5.41, 5.74) is 10.4. The van der Waals surface area contributed by atoms with Gasteiger partial charge in [-0.15, -0.1) is 24.8 Å². The standard InChI is InChI=1S/C22H33N3O.2ClH/c1-15-5-3-8-20(16(15)2)24-9-11-25(12-10-24)22(26)19-13-17-6-4-7-18(14-19)21(17)23;;/h3,5,8,17-19,21H,4,6-7,9-14,23H2,1-2H3;2*1H. The second-order valence-electron chi connectivity index (χ2n) is 8.73. The predicted octanol–water partition coefficient (Wildman–Crippen LogP) is 3.95. The maximum absolute atomic E-state index is 13.1. The van der Waals surface area contributed by atoms with Crippen LogP contribution in [0.2, 0.25) is 0 Å². The van der Waals surface area contributed by atoms with Crippen molar-refractivity contribution in [1.29, 1.82) is 0 Å². The number of hydrogen-bond acceptors (Lipinski definition) is 3. The molecule has 2 unspecified atom stereocenters. The third kappa shape index (κ3) is 4.44. The van der Waals surface area contributed by atoms with Gasteiger partial charge in [0.25, 0.3) is 0 Å². The maximum Gasteiger partial charge on any atom is 0.225 e. The Kier molecular flexibility index (Phi) is 8.06. The number of nitrogens with zero attached hydrogens (tertiary/aromatic N) is 2. The van der Waals surface area contributed by atoms with E-state index in [2.05, 4.69) is 41.8 Å². The summed E-state index contributed by atoms with van der Waals surface area (Å²) < 4.78 is 0. The minimum atomic E-state index is 0. The summed E-state index contributed by atoms with van der Waals surface area (Å²) in [5.74, 6) is 1.77. The Labute approximate surface area is 182 Å². The molecule has 2 aliphatic carbocycles. The Morgan fingerprint density at radius 1 is 1.00 bits per heavy atom. The van der Waals surface area contributed by atoms with Crippen LogP contribution in [0.25, 0.3) is 0 Å². The van der Waals surface area contributed by atoms with Crippen molar-refractivity contribution in [3.05, 3.63) is 29.3 Å². The molecule has 4 rings (SSSR count). The maximum atomic E-state index is 13.1. The molecule has 28 heavy (non-hydrogen) atoms. The van der Waals surface area contributed by atoms with E-state index in [4.69, 9.17) is 5.73 Å². The lowest BCUT2D eigenvalue weighted by molar-refractivity contribution is -0.138. The number of anilines is 1. The molecule has 2 N–H and O–H groups in total. The summed E-state index contributed by atoms with van der Waals surface area (Å²) >= 11 is 0. The molecule has 158 valence electrons. The molecule has 0 radical (unpaired) electrons. The van der Waals surface area contributed by atoms with Gasteiger partial charge in [-0.1, -0.05) is 18.6 Å². The summed E-state index contributed by atoms with van der Waals surface area (Å²) in [7, 11) is 0. The molecule has 1 heterocycles. The summed E-state index contributed by atoms with van der Waals surface area (Å²) in [6.07, 6.45) is 5.80. The lowest BCUT2D eigenvalue weighted by atomic mass is 9.65. The summed E-state index contributed by atoms with van der Waals surface area (Å²) in [6.45, 7) is 7.95. The van der Waals surface area contributed by atoms with E-state index >= 15 is 0 Å². The molecule has 1 saturated heterocycles. The van der Waals surface area contributed by atoms with Crippen LogP contribution in [-0.2, 0) is 4.79 Å². The van der Waals surface area contributed by atoms with Crippen LogP contribution >= 0.6 is 24.8 Å². The lowest BCUT2D eigenvalue weighted by Gasteiger charge is -2.45. The Hall–Kier alpha value is -0.970. The number of amides is 1. The van der Waals surface area contributed by atoms with Crippen molar-refractivity contribution in [2.24, 2.45) is 23.5 Å². The number of rotatable bonds is 2. The molecule has 1 aliphatic heterocycles. The first kappa shape index (κ1) is 23.3. The molecule has 3 aliphatic rings. The van der Waals surface area contributed by atoms with Crippen LogP contribution in [0.4, 0.5) is 5.69 Å². The van der Waals surface area contributed by atoms with E-state index in [-0.39, 0.29) is 30.7 Å². The summed E-state index contributed by atoms with van der Waals surface area (Å²) in [5, 5.41) is 0. The van der Waals surface area contributed by atoms with Gasteiger partial charge in [0.2, 0.25) is 5.91 Å². The van der Waals surface area contributed by atoms with Crippen molar-refractivity contribution in [1.82, 2.24) is 4.90 Å². The number of carbonyl (C=O) groups excluding carboxylic acids is 1. The minimum Gasteiger partial charge on any atom is -0.368 e. The smallest absolute Gasteiger partial charge is 0.225 e. The van der Waals surface area contributed by atoms with Crippen molar-refractivity contribution >= 4 is 36.4 Å². The molecule has 2 atom stereocenters. The topological polar surface area (TPSA) is 49.6 Å². The molecular weight excluding hydrogens is 393 g/mol. The van der Waals surface area contributed by atoms with Gasteiger partial charge in [0.15, 0.2) is 0 Å². The van der Waals surface area contributed by atoms with Crippen LogP contribution in [0.3, 0.4) is 0 Å². The van der Waals surface area contributed by atoms with Crippen LogP contribution in [0.15, 0.2) is 18.2 Å². The first-order valence-corrected chi connectivity index (χ1v) is 10.4. The van der Waals surface area contributed by atoms with Gasteiger partial charge >= 0.3 is 0 Å². The average molecular weight is 428 g/mol. The fraction of sp³-hybridized carbons (Fsp3) is 0.682. The van der Waals surface area contributed by atoms with Gasteiger partial charge in [0.05, 0.1) is 0 Å². The second-order valence-corrected chi connectivity index (χ2v) is 8.73. The monoisotopic (exact) mass is 427 g/mol. The van der Waals surface area contributed by atoms with E-state index in [1.54, 1.807) is 0 Å². The fourth-order valence-electron chi connectivity index (χ4n) is 5.49. The third-order valence-corrected chi connectivity index (χ3v) is 7.27. The van der Waals surface area contributed by atoms with Gasteiger partial charge < -0.3 is 15.5 Å². The molecule has 0 aromatic heterocycles. The molecule has 1 aromatic rings. The average Bonchev–Trinajstić information content (AvgIpc) is 2.63. The van der Waals surface area contributed by atoms with E-state index < -0.39 is 0 Å². The van der Waals surface area contributed by atoms with Crippen molar-refractivity contribution in [2.45, 2.75) is 52.0 Å². The highest BCUT2D eigenvalue weighted by atomic mass is 35.5.